The predicted molar refractivity (Wildman–Crippen MR) is 111 cm³/mol. The molecule has 0 saturated carbocycles. The molecule has 2 aromatic carbocycles. The number of rotatable bonds is 4. The van der Waals surface area contributed by atoms with E-state index in [9.17, 15) is 14.0 Å². The SMILES string of the molecule is O=C(Nc1cccc(F)c1)c1cc2cccnc2n(Cc2ccc(Cl)cc2)c1=O. The van der Waals surface area contributed by atoms with E-state index in [1.807, 2.05) is 12.1 Å². The summed E-state index contributed by atoms with van der Waals surface area (Å²) in [6.07, 6.45) is 1.59. The van der Waals surface area contributed by atoms with Crippen LogP contribution in [0, 0.1) is 5.82 Å². The van der Waals surface area contributed by atoms with Gasteiger partial charge in [-0.3, -0.25) is 14.2 Å². The second-order valence-corrected chi connectivity index (χ2v) is 6.89. The molecule has 7 heteroatoms. The summed E-state index contributed by atoms with van der Waals surface area (Å²) in [5, 5.41) is 3.81. The van der Waals surface area contributed by atoms with E-state index in [-0.39, 0.29) is 17.8 Å². The molecule has 0 spiro atoms. The Kier molecular flexibility index (Phi) is 5.10. The molecule has 144 valence electrons. The fraction of sp³-hybridized carbons (Fsp3) is 0.0455. The molecular weight excluding hydrogens is 393 g/mol. The van der Waals surface area contributed by atoms with Gasteiger partial charge in [0.05, 0.1) is 6.54 Å². The van der Waals surface area contributed by atoms with E-state index in [1.165, 1.54) is 28.8 Å². The number of anilines is 1. The number of benzene rings is 2. The van der Waals surface area contributed by atoms with Crippen LogP contribution >= 0.6 is 11.6 Å². The van der Waals surface area contributed by atoms with Gasteiger partial charge in [-0.15, -0.1) is 0 Å². The summed E-state index contributed by atoms with van der Waals surface area (Å²) in [5.41, 5.74) is 1.04. The molecule has 0 aliphatic rings. The summed E-state index contributed by atoms with van der Waals surface area (Å²) in [6, 6.07) is 17.6. The van der Waals surface area contributed by atoms with E-state index >= 15 is 0 Å². The Morgan fingerprint density at radius 2 is 1.86 bits per heavy atom. The predicted octanol–water partition coefficient (Wildman–Crippen LogP) is 4.49. The maximum absolute atomic E-state index is 13.4. The number of nitrogens with zero attached hydrogens (tertiary/aromatic N) is 2. The van der Waals surface area contributed by atoms with Crippen molar-refractivity contribution in [3.8, 4) is 0 Å². The molecule has 0 atom stereocenters. The summed E-state index contributed by atoms with van der Waals surface area (Å²) in [7, 11) is 0. The van der Waals surface area contributed by atoms with E-state index < -0.39 is 17.3 Å². The molecule has 0 fully saturated rings. The Hall–Kier alpha value is -3.51. The molecule has 0 bridgehead atoms. The minimum absolute atomic E-state index is 0.0521. The lowest BCUT2D eigenvalue weighted by Crippen LogP contribution is -2.30. The van der Waals surface area contributed by atoms with Gasteiger partial charge in [0.25, 0.3) is 11.5 Å². The molecule has 0 saturated heterocycles. The number of amides is 1. The van der Waals surface area contributed by atoms with Crippen LogP contribution in [0.5, 0.6) is 0 Å². The summed E-state index contributed by atoms with van der Waals surface area (Å²) in [5.74, 6) is -1.10. The molecule has 5 nitrogen and oxygen atoms in total. The van der Waals surface area contributed by atoms with Crippen molar-refractivity contribution in [3.05, 3.63) is 105 Å². The molecular formula is C22H15ClFN3O2. The summed E-state index contributed by atoms with van der Waals surface area (Å²) in [6.45, 7) is 0.227. The van der Waals surface area contributed by atoms with E-state index in [0.29, 0.717) is 16.1 Å². The van der Waals surface area contributed by atoms with Gasteiger partial charge in [0.1, 0.15) is 17.0 Å². The Bertz CT molecular complexity index is 1270. The lowest BCUT2D eigenvalue weighted by atomic mass is 10.1. The lowest BCUT2D eigenvalue weighted by molar-refractivity contribution is 0.102. The first-order valence-electron chi connectivity index (χ1n) is 8.81. The summed E-state index contributed by atoms with van der Waals surface area (Å²) >= 11 is 5.94. The van der Waals surface area contributed by atoms with Gasteiger partial charge in [-0.2, -0.15) is 0 Å². The van der Waals surface area contributed by atoms with Gasteiger partial charge < -0.3 is 5.32 Å². The molecule has 1 N–H and O–H groups in total. The third kappa shape index (κ3) is 4.02. The average molecular weight is 408 g/mol. The molecule has 1 amide bonds. The molecule has 4 rings (SSSR count). The van der Waals surface area contributed by atoms with Gasteiger partial charge in [0.2, 0.25) is 0 Å². The van der Waals surface area contributed by atoms with Gasteiger partial charge in [-0.1, -0.05) is 29.8 Å². The summed E-state index contributed by atoms with van der Waals surface area (Å²) < 4.78 is 14.9. The number of carbonyl (C=O) groups is 1. The molecule has 0 aliphatic carbocycles. The normalized spacial score (nSPS) is 10.8. The first-order valence-corrected chi connectivity index (χ1v) is 9.19. The number of pyridine rings is 2. The monoisotopic (exact) mass is 407 g/mol. The number of aromatic nitrogens is 2. The first-order chi connectivity index (χ1) is 14.0. The van der Waals surface area contributed by atoms with Crippen molar-refractivity contribution >= 4 is 34.2 Å². The van der Waals surface area contributed by atoms with Crippen LogP contribution in [-0.2, 0) is 6.54 Å². The van der Waals surface area contributed by atoms with Gasteiger partial charge in [-0.25, -0.2) is 9.37 Å². The highest BCUT2D eigenvalue weighted by Gasteiger charge is 2.17. The number of halogens is 2. The number of carbonyl (C=O) groups excluding carboxylic acids is 1. The molecule has 2 heterocycles. The van der Waals surface area contributed by atoms with Crippen LogP contribution in [0.2, 0.25) is 5.02 Å². The van der Waals surface area contributed by atoms with Crippen LogP contribution in [0.15, 0.2) is 77.7 Å². The quantitative estimate of drug-likeness (QED) is 0.542. The Morgan fingerprint density at radius 3 is 2.62 bits per heavy atom. The van der Waals surface area contributed by atoms with Crippen LogP contribution in [-0.4, -0.2) is 15.5 Å². The van der Waals surface area contributed by atoms with Crippen LogP contribution in [0.4, 0.5) is 10.1 Å². The van der Waals surface area contributed by atoms with E-state index in [0.717, 1.165) is 5.56 Å². The highest BCUT2D eigenvalue weighted by molar-refractivity contribution is 6.30. The van der Waals surface area contributed by atoms with Crippen molar-refractivity contribution < 1.29 is 9.18 Å². The van der Waals surface area contributed by atoms with Crippen LogP contribution < -0.4 is 10.9 Å². The van der Waals surface area contributed by atoms with Crippen molar-refractivity contribution in [3.63, 3.8) is 0 Å². The highest BCUT2D eigenvalue weighted by Crippen LogP contribution is 2.16. The van der Waals surface area contributed by atoms with Gasteiger partial charge in [0.15, 0.2) is 0 Å². The smallest absolute Gasteiger partial charge is 0.265 e. The van der Waals surface area contributed by atoms with Crippen LogP contribution in [0.3, 0.4) is 0 Å². The fourth-order valence-corrected chi connectivity index (χ4v) is 3.18. The van der Waals surface area contributed by atoms with Crippen molar-refractivity contribution in [1.29, 1.82) is 0 Å². The number of hydrogen-bond acceptors (Lipinski definition) is 3. The molecule has 29 heavy (non-hydrogen) atoms. The minimum atomic E-state index is -0.615. The van der Waals surface area contributed by atoms with E-state index in [2.05, 4.69) is 10.3 Å². The maximum Gasteiger partial charge on any atom is 0.265 e. The topological polar surface area (TPSA) is 64.0 Å². The summed E-state index contributed by atoms with van der Waals surface area (Å²) in [4.78, 5) is 30.2. The Labute approximate surface area is 170 Å². The van der Waals surface area contributed by atoms with Crippen molar-refractivity contribution in [1.82, 2.24) is 9.55 Å². The fourth-order valence-electron chi connectivity index (χ4n) is 3.05. The second kappa shape index (κ2) is 7.85. The molecule has 0 radical (unpaired) electrons. The second-order valence-electron chi connectivity index (χ2n) is 6.46. The van der Waals surface area contributed by atoms with E-state index in [4.69, 9.17) is 11.6 Å². The minimum Gasteiger partial charge on any atom is -0.322 e. The largest absolute Gasteiger partial charge is 0.322 e. The average Bonchev–Trinajstić information content (AvgIpc) is 2.71. The highest BCUT2D eigenvalue weighted by atomic mass is 35.5. The van der Waals surface area contributed by atoms with Gasteiger partial charge in [0, 0.05) is 22.3 Å². The number of fused-ring (bicyclic) bond motifs is 1. The third-order valence-electron chi connectivity index (χ3n) is 4.43. The zero-order valence-electron chi connectivity index (χ0n) is 15.1. The third-order valence-corrected chi connectivity index (χ3v) is 4.68. The van der Waals surface area contributed by atoms with Crippen LogP contribution in [0.1, 0.15) is 15.9 Å². The van der Waals surface area contributed by atoms with E-state index in [1.54, 1.807) is 36.5 Å². The zero-order valence-corrected chi connectivity index (χ0v) is 15.9. The van der Waals surface area contributed by atoms with Crippen molar-refractivity contribution in [2.75, 3.05) is 5.32 Å². The standard InChI is InChI=1S/C22H15ClFN3O2/c23-16-8-6-14(7-9-16)13-27-20-15(3-2-10-25-20)11-19(22(27)29)21(28)26-18-5-1-4-17(24)12-18/h1-12H,13H2,(H,26,28). The molecule has 0 unspecified atom stereocenters. The van der Waals surface area contributed by atoms with Gasteiger partial charge in [-0.05, 0) is 54.1 Å². The number of hydrogen-bond donors (Lipinski definition) is 1. The lowest BCUT2D eigenvalue weighted by Gasteiger charge is -2.12. The zero-order chi connectivity index (χ0) is 20.4. The first kappa shape index (κ1) is 18.8. The van der Waals surface area contributed by atoms with Gasteiger partial charge >= 0.3 is 0 Å². The van der Waals surface area contributed by atoms with Crippen molar-refractivity contribution in [2.24, 2.45) is 0 Å². The maximum atomic E-state index is 13.4. The Balaban J connectivity index is 1.78. The van der Waals surface area contributed by atoms with Crippen LogP contribution in [0.25, 0.3) is 11.0 Å². The molecule has 4 aromatic rings. The Morgan fingerprint density at radius 1 is 1.07 bits per heavy atom. The molecule has 2 aromatic heterocycles. The van der Waals surface area contributed by atoms with Crippen molar-refractivity contribution in [2.45, 2.75) is 6.54 Å². The number of nitrogens with one attached hydrogen (secondary N) is 1. The molecule has 0 aliphatic heterocycles.